The van der Waals surface area contributed by atoms with E-state index in [0.29, 0.717) is 54.0 Å². The van der Waals surface area contributed by atoms with Crippen molar-refractivity contribution >= 4 is 46.1 Å². The molecule has 3 aromatic carbocycles. The number of nitrogens with zero attached hydrogens (tertiary/aromatic N) is 5. The molecule has 10 heteroatoms. The Labute approximate surface area is 247 Å². The van der Waals surface area contributed by atoms with Gasteiger partial charge in [0.15, 0.2) is 17.6 Å². The summed E-state index contributed by atoms with van der Waals surface area (Å²) in [5.41, 5.74) is 4.44. The van der Waals surface area contributed by atoms with E-state index in [4.69, 9.17) is 27.9 Å². The molecule has 41 heavy (non-hydrogen) atoms. The summed E-state index contributed by atoms with van der Waals surface area (Å²) in [5.74, 6) is 0.633. The average molecular weight is 588 g/mol. The zero-order chi connectivity index (χ0) is 28.2. The standard InChI is InChI=1S/C31H28Cl2N6O2/c32-23-12-13-24(25(33)16-23)27-28(41-18-22-10-5-2-6-11-22)31(40)39(27)15-7-14-38-20-37-26-29(35-19-36-30(26)38)34-17-21-8-3-1-4-9-21/h1-6,8-13,16,19-20,27-28H,7,14-15,17-18H2,(H,34,35,36)/t27-,28+/m1/s1. The zero-order valence-corrected chi connectivity index (χ0v) is 23.7. The van der Waals surface area contributed by atoms with Gasteiger partial charge in [-0.05, 0) is 35.2 Å². The molecule has 1 fully saturated rings. The number of carbonyl (C=O) groups is 1. The van der Waals surface area contributed by atoms with E-state index in [0.717, 1.165) is 22.3 Å². The number of imidazole rings is 1. The van der Waals surface area contributed by atoms with Gasteiger partial charge in [0.1, 0.15) is 11.8 Å². The number of rotatable bonds is 11. The third-order valence-corrected chi connectivity index (χ3v) is 7.77. The fourth-order valence-corrected chi connectivity index (χ4v) is 5.65. The van der Waals surface area contributed by atoms with Crippen molar-refractivity contribution in [2.24, 2.45) is 0 Å². The van der Waals surface area contributed by atoms with Gasteiger partial charge in [-0.25, -0.2) is 15.0 Å². The number of β-lactam (4-membered cyclic amide) rings is 1. The number of anilines is 1. The largest absolute Gasteiger partial charge is 0.364 e. The Balaban J connectivity index is 1.13. The van der Waals surface area contributed by atoms with Gasteiger partial charge in [-0.15, -0.1) is 0 Å². The summed E-state index contributed by atoms with van der Waals surface area (Å²) in [6.07, 6.45) is 3.39. The number of fused-ring (bicyclic) bond motifs is 1. The molecule has 6 rings (SSSR count). The van der Waals surface area contributed by atoms with Crippen molar-refractivity contribution < 1.29 is 9.53 Å². The van der Waals surface area contributed by atoms with Crippen LogP contribution >= 0.6 is 23.2 Å². The van der Waals surface area contributed by atoms with Crippen LogP contribution in [0.15, 0.2) is 91.5 Å². The van der Waals surface area contributed by atoms with E-state index in [1.54, 1.807) is 24.8 Å². The maximum absolute atomic E-state index is 13.3. The molecule has 1 aliphatic heterocycles. The Kier molecular flexibility index (Phi) is 8.14. The molecule has 0 saturated carbocycles. The van der Waals surface area contributed by atoms with Crippen LogP contribution in [0.4, 0.5) is 5.82 Å². The molecule has 1 saturated heterocycles. The van der Waals surface area contributed by atoms with Crippen LogP contribution in [0, 0.1) is 0 Å². The first-order chi connectivity index (χ1) is 20.1. The number of halogens is 2. The normalized spacial score (nSPS) is 16.6. The van der Waals surface area contributed by atoms with Crippen LogP contribution in [0.1, 0.15) is 29.2 Å². The lowest BCUT2D eigenvalue weighted by Gasteiger charge is -2.47. The van der Waals surface area contributed by atoms with Crippen LogP contribution in [0.3, 0.4) is 0 Å². The van der Waals surface area contributed by atoms with Gasteiger partial charge in [0, 0.05) is 29.7 Å². The summed E-state index contributed by atoms with van der Waals surface area (Å²) in [4.78, 5) is 28.5. The molecular formula is C31H28Cl2N6O2. The number of nitrogens with one attached hydrogen (secondary N) is 1. The van der Waals surface area contributed by atoms with Crippen LogP contribution in [0.5, 0.6) is 0 Å². The molecule has 0 radical (unpaired) electrons. The molecule has 0 aliphatic carbocycles. The van der Waals surface area contributed by atoms with Crippen molar-refractivity contribution in [3.05, 3.63) is 118 Å². The van der Waals surface area contributed by atoms with E-state index in [1.807, 2.05) is 64.1 Å². The molecule has 2 atom stereocenters. The van der Waals surface area contributed by atoms with Crippen LogP contribution in [0.2, 0.25) is 10.0 Å². The molecule has 208 valence electrons. The highest BCUT2D eigenvalue weighted by Gasteiger charge is 2.49. The number of aromatic nitrogens is 4. The van der Waals surface area contributed by atoms with Crippen LogP contribution in [-0.2, 0) is 29.2 Å². The first-order valence-electron chi connectivity index (χ1n) is 13.4. The fraction of sp³-hybridized carbons (Fsp3) is 0.226. The monoisotopic (exact) mass is 586 g/mol. The fourth-order valence-electron chi connectivity index (χ4n) is 5.13. The van der Waals surface area contributed by atoms with E-state index in [9.17, 15) is 4.79 Å². The quantitative estimate of drug-likeness (QED) is 0.183. The third-order valence-electron chi connectivity index (χ3n) is 7.20. The zero-order valence-electron chi connectivity index (χ0n) is 22.2. The molecule has 1 N–H and O–H groups in total. The smallest absolute Gasteiger partial charge is 0.254 e. The molecule has 1 amide bonds. The van der Waals surface area contributed by atoms with Gasteiger partial charge in [0.2, 0.25) is 0 Å². The topological polar surface area (TPSA) is 85.2 Å². The van der Waals surface area contributed by atoms with Crippen molar-refractivity contribution in [2.75, 3.05) is 11.9 Å². The molecule has 0 spiro atoms. The van der Waals surface area contributed by atoms with Gasteiger partial charge < -0.3 is 19.5 Å². The van der Waals surface area contributed by atoms with E-state index in [2.05, 4.69) is 32.4 Å². The average Bonchev–Trinajstić information content (AvgIpc) is 3.42. The Hall–Kier alpha value is -3.98. The molecule has 3 heterocycles. The van der Waals surface area contributed by atoms with E-state index in [1.165, 1.54) is 0 Å². The van der Waals surface area contributed by atoms with Crippen molar-refractivity contribution in [3.63, 3.8) is 0 Å². The summed E-state index contributed by atoms with van der Waals surface area (Å²) in [5, 5.41) is 4.42. The maximum Gasteiger partial charge on any atom is 0.254 e. The van der Waals surface area contributed by atoms with Gasteiger partial charge in [-0.3, -0.25) is 4.79 Å². The Morgan fingerprint density at radius 3 is 2.39 bits per heavy atom. The predicted molar refractivity (Wildman–Crippen MR) is 160 cm³/mol. The lowest BCUT2D eigenvalue weighted by atomic mass is 9.90. The van der Waals surface area contributed by atoms with Gasteiger partial charge in [-0.2, -0.15) is 0 Å². The number of hydrogen-bond acceptors (Lipinski definition) is 6. The number of ether oxygens (including phenoxy) is 1. The molecule has 8 nitrogen and oxygen atoms in total. The van der Waals surface area contributed by atoms with Gasteiger partial charge >= 0.3 is 0 Å². The van der Waals surface area contributed by atoms with Gasteiger partial charge in [0.25, 0.3) is 5.91 Å². The first-order valence-corrected chi connectivity index (χ1v) is 14.2. The highest BCUT2D eigenvalue weighted by atomic mass is 35.5. The van der Waals surface area contributed by atoms with Crippen LogP contribution in [-0.4, -0.2) is 43.0 Å². The second-order valence-corrected chi connectivity index (χ2v) is 10.7. The molecule has 5 aromatic rings. The predicted octanol–water partition coefficient (Wildman–Crippen LogP) is 6.30. The van der Waals surface area contributed by atoms with E-state index >= 15 is 0 Å². The number of aryl methyl sites for hydroxylation is 1. The number of likely N-dealkylation sites (tertiary alicyclic amines) is 1. The number of benzene rings is 3. The SMILES string of the molecule is O=C1[C@@H](OCc2ccccc2)[C@@H](c2ccc(Cl)cc2Cl)N1CCCn1cnc2c(NCc3ccccc3)ncnc21. The maximum atomic E-state index is 13.3. The lowest BCUT2D eigenvalue weighted by molar-refractivity contribution is -0.176. The summed E-state index contributed by atoms with van der Waals surface area (Å²) in [6, 6.07) is 25.0. The van der Waals surface area contributed by atoms with Crippen LogP contribution < -0.4 is 5.32 Å². The second kappa shape index (κ2) is 12.3. The molecular weight excluding hydrogens is 559 g/mol. The van der Waals surface area contributed by atoms with E-state index < -0.39 is 6.10 Å². The summed E-state index contributed by atoms with van der Waals surface area (Å²) in [7, 11) is 0. The van der Waals surface area contributed by atoms with Crippen molar-refractivity contribution in [1.29, 1.82) is 0 Å². The van der Waals surface area contributed by atoms with Gasteiger partial charge in [0.05, 0.1) is 19.0 Å². The third kappa shape index (κ3) is 5.91. The van der Waals surface area contributed by atoms with Crippen molar-refractivity contribution in [2.45, 2.75) is 38.3 Å². The summed E-state index contributed by atoms with van der Waals surface area (Å²) >= 11 is 12.7. The highest BCUT2D eigenvalue weighted by molar-refractivity contribution is 6.35. The Morgan fingerprint density at radius 1 is 0.878 bits per heavy atom. The molecule has 0 unspecified atom stereocenters. The number of carbonyl (C=O) groups excluding carboxylic acids is 1. The van der Waals surface area contributed by atoms with Crippen LogP contribution in [0.25, 0.3) is 11.2 Å². The Bertz CT molecular complexity index is 1650. The van der Waals surface area contributed by atoms with Crippen molar-refractivity contribution in [3.8, 4) is 0 Å². The minimum Gasteiger partial charge on any atom is -0.364 e. The first kappa shape index (κ1) is 27.2. The lowest BCUT2D eigenvalue weighted by Crippen LogP contribution is -2.60. The number of amides is 1. The minimum absolute atomic E-state index is 0.0536. The summed E-state index contributed by atoms with van der Waals surface area (Å²) in [6.45, 7) is 2.14. The summed E-state index contributed by atoms with van der Waals surface area (Å²) < 4.78 is 8.10. The van der Waals surface area contributed by atoms with Gasteiger partial charge in [-0.1, -0.05) is 89.9 Å². The molecule has 0 bridgehead atoms. The van der Waals surface area contributed by atoms with E-state index in [-0.39, 0.29) is 11.9 Å². The van der Waals surface area contributed by atoms with Crippen molar-refractivity contribution in [1.82, 2.24) is 24.4 Å². The second-order valence-electron chi connectivity index (χ2n) is 9.88. The number of hydrogen-bond donors (Lipinski definition) is 1. The molecule has 1 aliphatic rings. The highest BCUT2D eigenvalue weighted by Crippen LogP contribution is 2.41. The molecule has 2 aromatic heterocycles. The Morgan fingerprint density at radius 2 is 1.63 bits per heavy atom. The minimum atomic E-state index is -0.617.